The van der Waals surface area contributed by atoms with Crippen molar-refractivity contribution in [2.75, 3.05) is 0 Å². The van der Waals surface area contributed by atoms with Gasteiger partial charge >= 0.3 is 0 Å². The quantitative estimate of drug-likeness (QED) is 0.376. The van der Waals surface area contributed by atoms with Crippen molar-refractivity contribution in [3.63, 3.8) is 0 Å². The Morgan fingerprint density at radius 2 is 2.38 bits per heavy atom. The van der Waals surface area contributed by atoms with Crippen LogP contribution in [0, 0.1) is 18.3 Å². The van der Waals surface area contributed by atoms with E-state index in [1.165, 1.54) is 0 Å². The summed E-state index contributed by atoms with van der Waals surface area (Å²) in [6.45, 7) is 7.86. The van der Waals surface area contributed by atoms with Crippen LogP contribution in [-0.4, -0.2) is 0 Å². The molecule has 0 saturated carbocycles. The second-order valence-electron chi connectivity index (χ2n) is 1.90. The highest BCUT2D eigenvalue weighted by Crippen LogP contribution is 2.08. The maximum atomic E-state index is 5.14. The molecule has 0 heteroatoms. The van der Waals surface area contributed by atoms with E-state index in [4.69, 9.17) is 6.42 Å². The van der Waals surface area contributed by atoms with Crippen LogP contribution in [0.5, 0.6) is 0 Å². The molecule has 0 rings (SSSR count). The van der Waals surface area contributed by atoms with Gasteiger partial charge in [0, 0.05) is 5.92 Å². The molecule has 0 aromatic carbocycles. The highest BCUT2D eigenvalue weighted by Gasteiger charge is 1.96. The van der Waals surface area contributed by atoms with Crippen LogP contribution in [0.2, 0.25) is 0 Å². The lowest BCUT2D eigenvalue weighted by Crippen LogP contribution is -1.91. The molecule has 1 unspecified atom stereocenters. The Morgan fingerprint density at radius 3 is 2.50 bits per heavy atom. The summed E-state index contributed by atoms with van der Waals surface area (Å²) in [6.07, 6.45) is 6.13. The third-order valence-electron chi connectivity index (χ3n) is 1.32. The first-order chi connectivity index (χ1) is 3.72. The molecule has 0 heterocycles. The fourth-order valence-corrected chi connectivity index (χ4v) is 0.424. The summed E-state index contributed by atoms with van der Waals surface area (Å²) in [7, 11) is 0. The lowest BCUT2D eigenvalue weighted by molar-refractivity contribution is 0.842. The van der Waals surface area contributed by atoms with Crippen LogP contribution >= 0.6 is 0 Å². The van der Waals surface area contributed by atoms with E-state index >= 15 is 0 Å². The molecule has 0 fully saturated rings. The highest BCUT2D eigenvalue weighted by molar-refractivity contribution is 5.10. The lowest BCUT2D eigenvalue weighted by Gasteiger charge is -2.02. The van der Waals surface area contributed by atoms with Crippen molar-refractivity contribution in [1.82, 2.24) is 0 Å². The normalized spacial score (nSPS) is 12.1. The van der Waals surface area contributed by atoms with E-state index in [1.807, 2.05) is 6.92 Å². The zero-order valence-corrected chi connectivity index (χ0v) is 5.57. The van der Waals surface area contributed by atoms with Crippen LogP contribution < -0.4 is 0 Å². The summed E-state index contributed by atoms with van der Waals surface area (Å²) in [5.41, 5.74) is 1.15. The van der Waals surface area contributed by atoms with Crippen molar-refractivity contribution in [3.05, 3.63) is 12.2 Å². The van der Waals surface area contributed by atoms with Crippen molar-refractivity contribution in [1.29, 1.82) is 0 Å². The van der Waals surface area contributed by atoms with E-state index in [-0.39, 0.29) is 5.92 Å². The van der Waals surface area contributed by atoms with Gasteiger partial charge in [0.25, 0.3) is 0 Å². The molecular formula is C8H12. The molecule has 0 aliphatic heterocycles. The van der Waals surface area contributed by atoms with Crippen LogP contribution in [0.3, 0.4) is 0 Å². The van der Waals surface area contributed by atoms with Crippen LogP contribution in [0.1, 0.15) is 20.3 Å². The van der Waals surface area contributed by atoms with Gasteiger partial charge in [-0.15, -0.1) is 6.42 Å². The average molecular weight is 108 g/mol. The van der Waals surface area contributed by atoms with Gasteiger partial charge < -0.3 is 0 Å². The predicted octanol–water partition coefficient (Wildman–Crippen LogP) is 2.22. The molecule has 0 spiro atoms. The minimum atomic E-state index is 0.250. The van der Waals surface area contributed by atoms with Gasteiger partial charge in [0.15, 0.2) is 0 Å². The van der Waals surface area contributed by atoms with Gasteiger partial charge in [-0.2, -0.15) is 0 Å². The van der Waals surface area contributed by atoms with Gasteiger partial charge in [-0.05, 0) is 13.3 Å². The molecule has 0 amide bonds. The second-order valence-corrected chi connectivity index (χ2v) is 1.90. The number of terminal acetylenes is 1. The van der Waals surface area contributed by atoms with Crippen molar-refractivity contribution in [2.45, 2.75) is 20.3 Å². The van der Waals surface area contributed by atoms with E-state index in [1.54, 1.807) is 0 Å². The van der Waals surface area contributed by atoms with Crippen LogP contribution in [0.25, 0.3) is 0 Å². The molecule has 0 aromatic rings. The molecule has 0 bridgehead atoms. The number of hydrogen-bond acceptors (Lipinski definition) is 0. The van der Waals surface area contributed by atoms with E-state index in [9.17, 15) is 0 Å². The molecule has 44 valence electrons. The van der Waals surface area contributed by atoms with Crippen LogP contribution in [0.15, 0.2) is 12.2 Å². The van der Waals surface area contributed by atoms with Gasteiger partial charge in [-0.1, -0.05) is 25.0 Å². The third-order valence-corrected chi connectivity index (χ3v) is 1.32. The molecule has 0 nitrogen and oxygen atoms in total. The second kappa shape index (κ2) is 3.32. The van der Waals surface area contributed by atoms with Gasteiger partial charge in [0.2, 0.25) is 0 Å². The van der Waals surface area contributed by atoms with Crippen molar-refractivity contribution in [2.24, 2.45) is 5.92 Å². The van der Waals surface area contributed by atoms with Crippen molar-refractivity contribution in [3.8, 4) is 12.3 Å². The van der Waals surface area contributed by atoms with Crippen LogP contribution in [0.4, 0.5) is 0 Å². The summed E-state index contributed by atoms with van der Waals surface area (Å²) in [5.74, 6) is 2.87. The lowest BCUT2D eigenvalue weighted by atomic mass is 10.0. The maximum absolute atomic E-state index is 5.14. The fourth-order valence-electron chi connectivity index (χ4n) is 0.424. The number of hydrogen-bond donors (Lipinski definition) is 0. The molecule has 0 aliphatic rings. The molecule has 0 aromatic heterocycles. The molecule has 0 saturated heterocycles. The SMILES string of the molecule is C#CC(C)C(=C)CC. The summed E-state index contributed by atoms with van der Waals surface area (Å²) in [6, 6.07) is 0. The molecule has 0 aliphatic carbocycles. The summed E-state index contributed by atoms with van der Waals surface area (Å²) < 4.78 is 0. The molecule has 0 radical (unpaired) electrons. The monoisotopic (exact) mass is 108 g/mol. The van der Waals surface area contributed by atoms with Gasteiger partial charge in [0.05, 0.1) is 0 Å². The molecule has 0 N–H and O–H groups in total. The molecular weight excluding hydrogens is 96.1 g/mol. The largest absolute Gasteiger partial charge is 0.119 e. The van der Waals surface area contributed by atoms with Crippen molar-refractivity contribution < 1.29 is 0 Å². The minimum absolute atomic E-state index is 0.250. The first-order valence-electron chi connectivity index (χ1n) is 2.86. The zero-order valence-electron chi connectivity index (χ0n) is 5.57. The Hall–Kier alpha value is -0.700. The zero-order chi connectivity index (χ0) is 6.57. The summed E-state index contributed by atoms with van der Waals surface area (Å²) >= 11 is 0. The Bertz CT molecular complexity index is 114. The Balaban J connectivity index is 3.68. The average Bonchev–Trinajstić information content (AvgIpc) is 1.84. The minimum Gasteiger partial charge on any atom is -0.119 e. The Labute approximate surface area is 51.6 Å². The van der Waals surface area contributed by atoms with E-state index in [2.05, 4.69) is 19.4 Å². The Kier molecular flexibility index (Phi) is 3.03. The van der Waals surface area contributed by atoms with E-state index < -0.39 is 0 Å². The van der Waals surface area contributed by atoms with Gasteiger partial charge in [-0.3, -0.25) is 0 Å². The maximum Gasteiger partial charge on any atom is 0.0378 e. The van der Waals surface area contributed by atoms with Gasteiger partial charge in [-0.25, -0.2) is 0 Å². The third kappa shape index (κ3) is 1.84. The van der Waals surface area contributed by atoms with Crippen LogP contribution in [-0.2, 0) is 0 Å². The Morgan fingerprint density at radius 1 is 1.88 bits per heavy atom. The molecule has 1 atom stereocenters. The summed E-state index contributed by atoms with van der Waals surface area (Å²) in [4.78, 5) is 0. The van der Waals surface area contributed by atoms with E-state index in [0.29, 0.717) is 0 Å². The first-order valence-corrected chi connectivity index (χ1v) is 2.86. The highest BCUT2D eigenvalue weighted by atomic mass is 14.0. The number of allylic oxidation sites excluding steroid dienone is 1. The van der Waals surface area contributed by atoms with Gasteiger partial charge in [0.1, 0.15) is 0 Å². The van der Waals surface area contributed by atoms with Crippen molar-refractivity contribution >= 4 is 0 Å². The predicted molar refractivity (Wildman–Crippen MR) is 37.4 cm³/mol. The summed E-state index contributed by atoms with van der Waals surface area (Å²) in [5, 5.41) is 0. The standard InChI is InChI=1S/C8H12/c1-5-7(3)8(4)6-2/h1,7H,4,6H2,2-3H3. The van der Waals surface area contributed by atoms with E-state index in [0.717, 1.165) is 12.0 Å². The smallest absolute Gasteiger partial charge is 0.0378 e. The fraction of sp³-hybridized carbons (Fsp3) is 0.500. The topological polar surface area (TPSA) is 0 Å². The first kappa shape index (κ1) is 7.30. The number of rotatable bonds is 2. The molecule has 8 heavy (non-hydrogen) atoms.